The average molecular weight is 330 g/mol. The SMILES string of the molecule is O=C(CN1CCN(c2ccccc2)CC1)NCC(=O)N1CCCC1. The molecule has 0 aromatic heterocycles. The fourth-order valence-corrected chi connectivity index (χ4v) is 3.31. The predicted molar refractivity (Wildman–Crippen MR) is 93.9 cm³/mol. The molecule has 24 heavy (non-hydrogen) atoms. The molecule has 0 bridgehead atoms. The Balaban J connectivity index is 1.36. The van der Waals surface area contributed by atoms with Crippen LogP contribution in [0.4, 0.5) is 5.69 Å². The molecule has 0 atom stereocenters. The van der Waals surface area contributed by atoms with Gasteiger partial charge in [0.05, 0.1) is 13.1 Å². The number of anilines is 1. The standard InChI is InChI=1S/C18H26N4O2/c23-17(19-14-18(24)22-8-4-5-9-22)15-20-10-12-21(13-11-20)16-6-2-1-3-7-16/h1-3,6-7H,4-5,8-15H2,(H,19,23). The molecule has 0 saturated carbocycles. The van der Waals surface area contributed by atoms with E-state index in [0.29, 0.717) is 6.54 Å². The van der Waals surface area contributed by atoms with Crippen LogP contribution < -0.4 is 10.2 Å². The smallest absolute Gasteiger partial charge is 0.241 e. The third-order valence-electron chi connectivity index (χ3n) is 4.76. The van der Waals surface area contributed by atoms with E-state index in [0.717, 1.165) is 52.1 Å². The van der Waals surface area contributed by atoms with Gasteiger partial charge in [0.2, 0.25) is 11.8 Å². The van der Waals surface area contributed by atoms with Crippen LogP contribution in [0.15, 0.2) is 30.3 Å². The third kappa shape index (κ3) is 4.47. The molecule has 1 aromatic rings. The Hall–Kier alpha value is -2.08. The van der Waals surface area contributed by atoms with Crippen molar-refractivity contribution in [2.24, 2.45) is 0 Å². The Morgan fingerprint density at radius 3 is 2.25 bits per heavy atom. The number of nitrogens with zero attached hydrogens (tertiary/aromatic N) is 3. The van der Waals surface area contributed by atoms with Crippen molar-refractivity contribution < 1.29 is 9.59 Å². The molecular weight excluding hydrogens is 304 g/mol. The lowest BCUT2D eigenvalue weighted by Gasteiger charge is -2.35. The van der Waals surface area contributed by atoms with Crippen molar-refractivity contribution in [2.45, 2.75) is 12.8 Å². The minimum Gasteiger partial charge on any atom is -0.369 e. The van der Waals surface area contributed by atoms with Crippen molar-refractivity contribution in [2.75, 3.05) is 57.3 Å². The second-order valence-corrected chi connectivity index (χ2v) is 6.46. The van der Waals surface area contributed by atoms with Crippen LogP contribution in [0.1, 0.15) is 12.8 Å². The zero-order chi connectivity index (χ0) is 16.8. The molecule has 0 unspecified atom stereocenters. The summed E-state index contributed by atoms with van der Waals surface area (Å²) >= 11 is 0. The van der Waals surface area contributed by atoms with Gasteiger partial charge < -0.3 is 15.1 Å². The van der Waals surface area contributed by atoms with Crippen LogP contribution in [-0.2, 0) is 9.59 Å². The van der Waals surface area contributed by atoms with Crippen molar-refractivity contribution in [1.82, 2.24) is 15.1 Å². The van der Waals surface area contributed by atoms with Crippen LogP contribution >= 0.6 is 0 Å². The second kappa shape index (κ2) is 8.15. The summed E-state index contributed by atoms with van der Waals surface area (Å²) in [5.41, 5.74) is 1.23. The van der Waals surface area contributed by atoms with Crippen LogP contribution in [0, 0.1) is 0 Å². The Kier molecular flexibility index (Phi) is 5.69. The van der Waals surface area contributed by atoms with Gasteiger partial charge >= 0.3 is 0 Å². The molecular formula is C18H26N4O2. The number of hydrogen-bond acceptors (Lipinski definition) is 4. The highest BCUT2D eigenvalue weighted by Gasteiger charge is 2.21. The summed E-state index contributed by atoms with van der Waals surface area (Å²) in [6.07, 6.45) is 2.15. The number of likely N-dealkylation sites (tertiary alicyclic amines) is 1. The maximum Gasteiger partial charge on any atom is 0.241 e. The van der Waals surface area contributed by atoms with Gasteiger partial charge in [-0.3, -0.25) is 14.5 Å². The Morgan fingerprint density at radius 2 is 1.58 bits per heavy atom. The number of carbonyl (C=O) groups excluding carboxylic acids is 2. The van der Waals surface area contributed by atoms with Crippen molar-refractivity contribution in [3.8, 4) is 0 Å². The number of piperazine rings is 1. The molecule has 0 radical (unpaired) electrons. The van der Waals surface area contributed by atoms with E-state index in [-0.39, 0.29) is 18.4 Å². The van der Waals surface area contributed by atoms with E-state index in [2.05, 4.69) is 27.2 Å². The molecule has 2 fully saturated rings. The van der Waals surface area contributed by atoms with E-state index < -0.39 is 0 Å². The number of nitrogens with one attached hydrogen (secondary N) is 1. The average Bonchev–Trinajstić information content (AvgIpc) is 3.16. The first-order chi connectivity index (χ1) is 11.7. The Bertz CT molecular complexity index is 549. The molecule has 2 aliphatic rings. The maximum atomic E-state index is 12.0. The van der Waals surface area contributed by atoms with E-state index in [1.807, 2.05) is 23.1 Å². The Morgan fingerprint density at radius 1 is 0.917 bits per heavy atom. The van der Waals surface area contributed by atoms with E-state index in [1.54, 1.807) is 0 Å². The fourth-order valence-electron chi connectivity index (χ4n) is 3.31. The second-order valence-electron chi connectivity index (χ2n) is 6.46. The zero-order valence-electron chi connectivity index (χ0n) is 14.1. The largest absolute Gasteiger partial charge is 0.369 e. The molecule has 2 saturated heterocycles. The Labute approximate surface area is 143 Å². The quantitative estimate of drug-likeness (QED) is 0.857. The highest BCUT2D eigenvalue weighted by Crippen LogP contribution is 2.15. The molecule has 2 amide bonds. The monoisotopic (exact) mass is 330 g/mol. The fraction of sp³-hybridized carbons (Fsp3) is 0.556. The van der Waals surface area contributed by atoms with Gasteiger partial charge in [0.15, 0.2) is 0 Å². The van der Waals surface area contributed by atoms with Gasteiger partial charge in [-0.1, -0.05) is 18.2 Å². The first-order valence-electron chi connectivity index (χ1n) is 8.79. The number of benzene rings is 1. The normalized spacial score (nSPS) is 18.7. The highest BCUT2D eigenvalue weighted by atomic mass is 16.2. The number of amides is 2. The van der Waals surface area contributed by atoms with E-state index >= 15 is 0 Å². The highest BCUT2D eigenvalue weighted by molar-refractivity contribution is 5.85. The first kappa shape index (κ1) is 16.8. The first-order valence-corrected chi connectivity index (χ1v) is 8.79. The molecule has 130 valence electrons. The van der Waals surface area contributed by atoms with Crippen LogP contribution in [0.2, 0.25) is 0 Å². The van der Waals surface area contributed by atoms with Gasteiger partial charge in [0, 0.05) is 45.0 Å². The number of hydrogen-bond donors (Lipinski definition) is 1. The topological polar surface area (TPSA) is 55.9 Å². The molecule has 3 rings (SSSR count). The lowest BCUT2D eigenvalue weighted by atomic mass is 10.2. The van der Waals surface area contributed by atoms with Gasteiger partial charge in [0.25, 0.3) is 0 Å². The molecule has 6 heteroatoms. The number of para-hydroxylation sites is 1. The predicted octanol–water partition coefficient (Wildman–Crippen LogP) is 0.547. The zero-order valence-corrected chi connectivity index (χ0v) is 14.1. The molecule has 6 nitrogen and oxygen atoms in total. The summed E-state index contributed by atoms with van der Waals surface area (Å²) in [6.45, 7) is 5.73. The van der Waals surface area contributed by atoms with Crippen LogP contribution in [0.5, 0.6) is 0 Å². The number of rotatable bonds is 5. The molecule has 0 spiro atoms. The van der Waals surface area contributed by atoms with Gasteiger partial charge in [-0.15, -0.1) is 0 Å². The molecule has 0 aliphatic carbocycles. The van der Waals surface area contributed by atoms with Gasteiger partial charge in [-0.25, -0.2) is 0 Å². The molecule has 1 aromatic carbocycles. The lowest BCUT2D eigenvalue weighted by Crippen LogP contribution is -2.50. The molecule has 2 heterocycles. The summed E-state index contributed by atoms with van der Waals surface area (Å²) in [5, 5.41) is 2.76. The van der Waals surface area contributed by atoms with E-state index in [9.17, 15) is 9.59 Å². The van der Waals surface area contributed by atoms with Crippen molar-refractivity contribution in [1.29, 1.82) is 0 Å². The van der Waals surface area contributed by atoms with Gasteiger partial charge in [0.1, 0.15) is 0 Å². The maximum absolute atomic E-state index is 12.0. The summed E-state index contributed by atoms with van der Waals surface area (Å²) in [7, 11) is 0. The minimum atomic E-state index is -0.0595. The summed E-state index contributed by atoms with van der Waals surface area (Å²) in [6, 6.07) is 10.4. The lowest BCUT2D eigenvalue weighted by molar-refractivity contribution is -0.132. The van der Waals surface area contributed by atoms with Crippen LogP contribution in [0.25, 0.3) is 0 Å². The van der Waals surface area contributed by atoms with Crippen LogP contribution in [-0.4, -0.2) is 74.0 Å². The number of carbonyl (C=O) groups is 2. The summed E-state index contributed by atoms with van der Waals surface area (Å²) < 4.78 is 0. The van der Waals surface area contributed by atoms with Crippen molar-refractivity contribution in [3.05, 3.63) is 30.3 Å². The van der Waals surface area contributed by atoms with Crippen LogP contribution in [0.3, 0.4) is 0 Å². The van der Waals surface area contributed by atoms with Gasteiger partial charge in [-0.05, 0) is 25.0 Å². The summed E-state index contributed by atoms with van der Waals surface area (Å²) in [4.78, 5) is 30.3. The molecule has 2 aliphatic heterocycles. The summed E-state index contributed by atoms with van der Waals surface area (Å²) in [5.74, 6) is -0.0227. The minimum absolute atomic E-state index is 0.0368. The third-order valence-corrected chi connectivity index (χ3v) is 4.76. The van der Waals surface area contributed by atoms with Crippen molar-refractivity contribution in [3.63, 3.8) is 0 Å². The van der Waals surface area contributed by atoms with E-state index in [4.69, 9.17) is 0 Å². The van der Waals surface area contributed by atoms with E-state index in [1.165, 1.54) is 5.69 Å². The van der Waals surface area contributed by atoms with Crippen molar-refractivity contribution >= 4 is 17.5 Å². The molecule has 1 N–H and O–H groups in total. The van der Waals surface area contributed by atoms with Gasteiger partial charge in [-0.2, -0.15) is 0 Å².